The maximum Gasteiger partial charge on any atom is 0.137 e. The molecule has 3 N–H and O–H groups in total. The normalized spacial score (nSPS) is 10.1. The number of rotatable bonds is 2. The minimum atomic E-state index is -0.292. The van der Waals surface area contributed by atoms with Gasteiger partial charge in [-0.05, 0) is 40.2 Å². The van der Waals surface area contributed by atoms with Gasteiger partial charge < -0.3 is 11.1 Å². The first kappa shape index (κ1) is 10.9. The summed E-state index contributed by atoms with van der Waals surface area (Å²) >= 11 is 3.12. The molecule has 5 heteroatoms. The molecule has 82 valence electrons. The highest BCUT2D eigenvalue weighted by Gasteiger charge is 2.01. The van der Waals surface area contributed by atoms with Crippen LogP contribution in [0.4, 0.5) is 21.6 Å². The molecule has 2 rings (SSSR count). The van der Waals surface area contributed by atoms with Crippen LogP contribution in [0.5, 0.6) is 0 Å². The minimum Gasteiger partial charge on any atom is -0.384 e. The van der Waals surface area contributed by atoms with Crippen LogP contribution in [0, 0.1) is 5.82 Å². The second kappa shape index (κ2) is 4.49. The van der Waals surface area contributed by atoms with E-state index in [-0.39, 0.29) is 5.82 Å². The van der Waals surface area contributed by atoms with Gasteiger partial charge in [-0.25, -0.2) is 9.37 Å². The topological polar surface area (TPSA) is 50.9 Å². The zero-order valence-electron chi connectivity index (χ0n) is 8.24. The Morgan fingerprint density at radius 2 is 1.94 bits per heavy atom. The summed E-state index contributed by atoms with van der Waals surface area (Å²) in [5, 5.41) is 3.10. The predicted octanol–water partition coefficient (Wildman–Crippen LogP) is 3.31. The molecule has 0 amide bonds. The number of nitrogens with zero attached hydrogens (tertiary/aromatic N) is 1. The van der Waals surface area contributed by atoms with Crippen molar-refractivity contribution in [1.82, 2.24) is 4.98 Å². The molecule has 0 saturated carbocycles. The first-order chi connectivity index (χ1) is 7.65. The molecule has 0 aliphatic rings. The maximum absolute atomic E-state index is 13.0. The van der Waals surface area contributed by atoms with Crippen molar-refractivity contribution < 1.29 is 4.39 Å². The van der Waals surface area contributed by atoms with Gasteiger partial charge in [-0.2, -0.15) is 0 Å². The van der Waals surface area contributed by atoms with Crippen LogP contribution in [-0.2, 0) is 0 Å². The van der Waals surface area contributed by atoms with Gasteiger partial charge in [-0.15, -0.1) is 0 Å². The molecule has 0 aliphatic heterocycles. The number of hydrogen-bond acceptors (Lipinski definition) is 3. The third-order valence-electron chi connectivity index (χ3n) is 1.99. The van der Waals surface area contributed by atoms with Gasteiger partial charge in [0.2, 0.25) is 0 Å². The van der Waals surface area contributed by atoms with Gasteiger partial charge in [-0.1, -0.05) is 0 Å². The number of nitrogens with one attached hydrogen (secondary N) is 1. The largest absolute Gasteiger partial charge is 0.384 e. The number of pyridine rings is 1. The number of nitrogen functional groups attached to an aromatic ring is 1. The van der Waals surface area contributed by atoms with Crippen molar-refractivity contribution in [2.24, 2.45) is 0 Å². The Morgan fingerprint density at radius 1 is 1.19 bits per heavy atom. The Kier molecular flexibility index (Phi) is 3.05. The van der Waals surface area contributed by atoms with Crippen molar-refractivity contribution in [2.45, 2.75) is 0 Å². The average Bonchev–Trinajstić information content (AvgIpc) is 2.24. The number of anilines is 3. The quantitative estimate of drug-likeness (QED) is 0.888. The van der Waals surface area contributed by atoms with Crippen LogP contribution in [0.25, 0.3) is 0 Å². The van der Waals surface area contributed by atoms with E-state index in [2.05, 4.69) is 26.2 Å². The molecule has 1 aromatic carbocycles. The lowest BCUT2D eigenvalue weighted by Crippen LogP contribution is -1.94. The van der Waals surface area contributed by atoms with Gasteiger partial charge in [0, 0.05) is 23.6 Å². The fourth-order valence-corrected chi connectivity index (χ4v) is 1.65. The predicted molar refractivity (Wildman–Crippen MR) is 66.0 cm³/mol. The summed E-state index contributed by atoms with van der Waals surface area (Å²) in [7, 11) is 0. The Bertz CT molecular complexity index is 516. The van der Waals surface area contributed by atoms with Gasteiger partial charge in [0.15, 0.2) is 0 Å². The molecule has 0 spiro atoms. The molecule has 0 saturated heterocycles. The summed E-state index contributed by atoms with van der Waals surface area (Å²) in [6.45, 7) is 0. The molecular weight excluding hydrogens is 273 g/mol. The number of halogens is 2. The third kappa shape index (κ3) is 2.49. The van der Waals surface area contributed by atoms with Crippen LogP contribution in [-0.4, -0.2) is 4.98 Å². The smallest absolute Gasteiger partial charge is 0.137 e. The first-order valence-electron chi connectivity index (χ1n) is 4.59. The van der Waals surface area contributed by atoms with Crippen LogP contribution in [0.1, 0.15) is 0 Å². The second-order valence-electron chi connectivity index (χ2n) is 3.22. The van der Waals surface area contributed by atoms with Crippen LogP contribution >= 0.6 is 15.9 Å². The molecule has 0 radical (unpaired) electrons. The molecule has 3 nitrogen and oxygen atoms in total. The Balaban J connectivity index is 2.24. The van der Waals surface area contributed by atoms with E-state index >= 15 is 0 Å². The molecular formula is C11H9BrFN3. The van der Waals surface area contributed by atoms with E-state index in [0.29, 0.717) is 10.3 Å². The zero-order chi connectivity index (χ0) is 11.5. The molecule has 0 bridgehead atoms. The molecule has 0 aliphatic carbocycles. The van der Waals surface area contributed by atoms with Gasteiger partial charge in [-0.3, -0.25) is 0 Å². The van der Waals surface area contributed by atoms with Crippen molar-refractivity contribution in [1.29, 1.82) is 0 Å². The summed E-state index contributed by atoms with van der Waals surface area (Å²) in [5.74, 6) is 0.144. The van der Waals surface area contributed by atoms with E-state index in [0.717, 1.165) is 11.4 Å². The van der Waals surface area contributed by atoms with E-state index < -0.39 is 0 Å². The summed E-state index contributed by atoms with van der Waals surface area (Å²) in [4.78, 5) is 3.88. The molecule has 0 atom stereocenters. The molecule has 0 unspecified atom stereocenters. The summed E-state index contributed by atoms with van der Waals surface area (Å²) in [6, 6.07) is 8.19. The fourth-order valence-electron chi connectivity index (χ4n) is 1.27. The maximum atomic E-state index is 13.0. The summed E-state index contributed by atoms with van der Waals surface area (Å²) in [5.41, 5.74) is 7.13. The van der Waals surface area contributed by atoms with Crippen molar-refractivity contribution in [3.8, 4) is 0 Å². The SMILES string of the molecule is Nc1cc(Nc2ccc(F)c(Br)c2)ccn1. The minimum absolute atomic E-state index is 0.292. The van der Waals surface area contributed by atoms with E-state index in [1.807, 2.05) is 0 Å². The van der Waals surface area contributed by atoms with E-state index in [9.17, 15) is 4.39 Å². The molecule has 1 aromatic heterocycles. The summed E-state index contributed by atoms with van der Waals surface area (Å²) < 4.78 is 13.4. The summed E-state index contributed by atoms with van der Waals surface area (Å²) in [6.07, 6.45) is 1.61. The van der Waals surface area contributed by atoms with Crippen LogP contribution in [0.15, 0.2) is 41.0 Å². The van der Waals surface area contributed by atoms with Gasteiger partial charge in [0.05, 0.1) is 4.47 Å². The lowest BCUT2D eigenvalue weighted by Gasteiger charge is -2.07. The molecule has 1 heterocycles. The number of benzene rings is 1. The molecule has 0 fully saturated rings. The highest BCUT2D eigenvalue weighted by Crippen LogP contribution is 2.23. The average molecular weight is 282 g/mol. The Labute approximate surface area is 101 Å². The van der Waals surface area contributed by atoms with Crippen molar-refractivity contribution in [3.63, 3.8) is 0 Å². The van der Waals surface area contributed by atoms with Gasteiger partial charge in [0.1, 0.15) is 11.6 Å². The monoisotopic (exact) mass is 281 g/mol. The highest BCUT2D eigenvalue weighted by molar-refractivity contribution is 9.10. The van der Waals surface area contributed by atoms with Gasteiger partial charge >= 0.3 is 0 Å². The van der Waals surface area contributed by atoms with E-state index in [1.165, 1.54) is 6.07 Å². The number of aromatic nitrogens is 1. The van der Waals surface area contributed by atoms with Crippen molar-refractivity contribution >= 4 is 33.1 Å². The second-order valence-corrected chi connectivity index (χ2v) is 4.08. The van der Waals surface area contributed by atoms with Crippen LogP contribution in [0.3, 0.4) is 0 Å². The lowest BCUT2D eigenvalue weighted by molar-refractivity contribution is 0.621. The number of hydrogen-bond donors (Lipinski definition) is 2. The third-order valence-corrected chi connectivity index (χ3v) is 2.60. The van der Waals surface area contributed by atoms with E-state index in [1.54, 1.807) is 30.5 Å². The van der Waals surface area contributed by atoms with E-state index in [4.69, 9.17) is 5.73 Å². The van der Waals surface area contributed by atoms with Crippen molar-refractivity contribution in [2.75, 3.05) is 11.1 Å². The Hall–Kier alpha value is -1.62. The van der Waals surface area contributed by atoms with Crippen molar-refractivity contribution in [3.05, 3.63) is 46.8 Å². The molecule has 2 aromatic rings. The first-order valence-corrected chi connectivity index (χ1v) is 5.38. The number of nitrogens with two attached hydrogens (primary N) is 1. The fraction of sp³-hybridized carbons (Fsp3) is 0. The molecule has 16 heavy (non-hydrogen) atoms. The van der Waals surface area contributed by atoms with Crippen LogP contribution < -0.4 is 11.1 Å². The van der Waals surface area contributed by atoms with Crippen LogP contribution in [0.2, 0.25) is 0 Å². The zero-order valence-corrected chi connectivity index (χ0v) is 9.83. The highest BCUT2D eigenvalue weighted by atomic mass is 79.9. The Morgan fingerprint density at radius 3 is 2.62 bits per heavy atom. The lowest BCUT2D eigenvalue weighted by atomic mass is 10.3. The van der Waals surface area contributed by atoms with Gasteiger partial charge in [0.25, 0.3) is 0 Å². The standard InChI is InChI=1S/C11H9BrFN3/c12-9-5-7(1-2-10(9)13)16-8-3-4-15-11(14)6-8/h1-6H,(H3,14,15,16).